The van der Waals surface area contributed by atoms with Crippen molar-refractivity contribution in [3.8, 4) is 16.9 Å². The molecule has 1 aromatic heterocycles. The molecular weight excluding hydrogens is 542 g/mol. The second-order valence-electron chi connectivity index (χ2n) is 9.47. The zero-order valence-electron chi connectivity index (χ0n) is 22.3. The van der Waals surface area contributed by atoms with E-state index in [1.54, 1.807) is 42.1 Å². The molecule has 0 spiro atoms. The van der Waals surface area contributed by atoms with Gasteiger partial charge in [0.25, 0.3) is 11.8 Å². The lowest BCUT2D eigenvalue weighted by Gasteiger charge is -2.20. The van der Waals surface area contributed by atoms with Gasteiger partial charge in [0.1, 0.15) is 0 Å². The molecule has 10 heteroatoms. The summed E-state index contributed by atoms with van der Waals surface area (Å²) >= 11 is 6.22. The molecule has 0 saturated carbocycles. The number of nitrogens with zero attached hydrogens (tertiary/aromatic N) is 2. The summed E-state index contributed by atoms with van der Waals surface area (Å²) in [4.78, 5) is 37.2. The fraction of sp³-hybridized carbons (Fsp3) is 0.161. The molecule has 0 atom stereocenters. The van der Waals surface area contributed by atoms with E-state index in [0.29, 0.717) is 48.0 Å². The van der Waals surface area contributed by atoms with Crippen LogP contribution in [0.5, 0.6) is 0 Å². The van der Waals surface area contributed by atoms with E-state index in [1.165, 1.54) is 6.08 Å². The number of rotatable bonds is 9. The first kappa shape index (κ1) is 27.8. The number of nitrogens with one attached hydrogen (secondary N) is 2. The van der Waals surface area contributed by atoms with E-state index < -0.39 is 5.91 Å². The van der Waals surface area contributed by atoms with Crippen molar-refractivity contribution in [2.24, 2.45) is 5.73 Å². The van der Waals surface area contributed by atoms with Crippen molar-refractivity contribution >= 4 is 41.1 Å². The topological polar surface area (TPSA) is 128 Å². The van der Waals surface area contributed by atoms with Crippen LogP contribution in [0, 0.1) is 0 Å². The molecule has 1 heterocycles. The Morgan fingerprint density at radius 3 is 2.59 bits per heavy atom. The Labute approximate surface area is 242 Å². The Balaban J connectivity index is 1.47. The number of methoxy groups -OCH3 is 1. The number of hydrogen-bond donors (Lipinski definition) is 3. The lowest BCUT2D eigenvalue weighted by atomic mass is 9.88. The van der Waals surface area contributed by atoms with Crippen molar-refractivity contribution in [3.05, 3.63) is 106 Å². The largest absolute Gasteiger partial charge is 0.383 e. The predicted molar refractivity (Wildman–Crippen MR) is 158 cm³/mol. The van der Waals surface area contributed by atoms with Crippen molar-refractivity contribution in [3.63, 3.8) is 0 Å². The van der Waals surface area contributed by atoms with Crippen LogP contribution in [0.2, 0.25) is 5.02 Å². The summed E-state index contributed by atoms with van der Waals surface area (Å²) < 4.78 is 6.64. The van der Waals surface area contributed by atoms with Gasteiger partial charge in [-0.1, -0.05) is 41.9 Å². The molecule has 4 aromatic rings. The van der Waals surface area contributed by atoms with Gasteiger partial charge in [-0.2, -0.15) is 5.10 Å². The number of hydrogen-bond acceptors (Lipinski definition) is 5. The highest BCUT2D eigenvalue weighted by Gasteiger charge is 2.28. The summed E-state index contributed by atoms with van der Waals surface area (Å²) in [7, 11) is 1.57. The van der Waals surface area contributed by atoms with Gasteiger partial charge >= 0.3 is 0 Å². The molecular formula is C31H28ClN5O4. The summed E-state index contributed by atoms with van der Waals surface area (Å²) in [6.45, 7) is 0.867. The van der Waals surface area contributed by atoms with Crippen LogP contribution >= 0.6 is 11.6 Å². The molecule has 4 N–H and O–H groups in total. The molecule has 1 aliphatic carbocycles. The van der Waals surface area contributed by atoms with Crippen LogP contribution in [0.1, 0.15) is 37.5 Å². The first-order chi connectivity index (χ1) is 19.9. The molecule has 0 aliphatic heterocycles. The van der Waals surface area contributed by atoms with Crippen molar-refractivity contribution in [2.45, 2.75) is 12.8 Å². The van der Waals surface area contributed by atoms with Crippen molar-refractivity contribution < 1.29 is 19.1 Å². The molecule has 3 aromatic carbocycles. The number of ether oxygens (including phenoxy) is 1. The van der Waals surface area contributed by atoms with Crippen LogP contribution in [0.3, 0.4) is 0 Å². The van der Waals surface area contributed by atoms with Gasteiger partial charge < -0.3 is 21.1 Å². The number of benzene rings is 3. The molecule has 41 heavy (non-hydrogen) atoms. The van der Waals surface area contributed by atoms with Gasteiger partial charge in [-0.15, -0.1) is 0 Å². The fourth-order valence-corrected chi connectivity index (χ4v) is 5.00. The van der Waals surface area contributed by atoms with E-state index in [-0.39, 0.29) is 17.5 Å². The highest BCUT2D eigenvalue weighted by molar-refractivity contribution is 6.34. The SMILES string of the molecule is COCCNC(=O)/C=C/c1ccc(-n2nc(C(N)=O)c3c2-c2cc(NC(=O)c4ccccc4Cl)ccc2CC3)cc1. The molecule has 1 aliphatic rings. The molecule has 0 fully saturated rings. The minimum Gasteiger partial charge on any atom is -0.383 e. The van der Waals surface area contributed by atoms with Gasteiger partial charge in [-0.25, -0.2) is 4.68 Å². The Morgan fingerprint density at radius 1 is 1.07 bits per heavy atom. The third-order valence-corrected chi connectivity index (χ3v) is 7.10. The van der Waals surface area contributed by atoms with Crippen molar-refractivity contribution in [1.29, 1.82) is 0 Å². The number of aryl methyl sites for hydroxylation is 1. The summed E-state index contributed by atoms with van der Waals surface area (Å²) in [5, 5.41) is 10.6. The average molecular weight is 570 g/mol. The van der Waals surface area contributed by atoms with Gasteiger partial charge in [0, 0.05) is 36.5 Å². The fourth-order valence-electron chi connectivity index (χ4n) is 4.78. The third-order valence-electron chi connectivity index (χ3n) is 6.77. The molecule has 0 bridgehead atoms. The normalized spacial score (nSPS) is 12.0. The smallest absolute Gasteiger partial charge is 0.269 e. The van der Waals surface area contributed by atoms with Crippen LogP contribution in [0.4, 0.5) is 5.69 Å². The molecule has 0 saturated heterocycles. The molecule has 3 amide bonds. The number of carbonyl (C=O) groups is 3. The lowest BCUT2D eigenvalue weighted by molar-refractivity contribution is -0.116. The van der Waals surface area contributed by atoms with E-state index >= 15 is 0 Å². The maximum atomic E-state index is 12.9. The minimum atomic E-state index is -0.606. The quantitative estimate of drug-likeness (QED) is 0.203. The van der Waals surface area contributed by atoms with Crippen LogP contribution in [-0.4, -0.2) is 47.8 Å². The van der Waals surface area contributed by atoms with Gasteiger partial charge in [-0.3, -0.25) is 14.4 Å². The first-order valence-electron chi connectivity index (χ1n) is 13.0. The van der Waals surface area contributed by atoms with E-state index in [2.05, 4.69) is 15.7 Å². The maximum absolute atomic E-state index is 12.9. The number of aromatic nitrogens is 2. The van der Waals surface area contributed by atoms with Crippen molar-refractivity contribution in [1.82, 2.24) is 15.1 Å². The monoisotopic (exact) mass is 569 g/mol. The number of fused-ring (bicyclic) bond motifs is 3. The third kappa shape index (κ3) is 6.06. The number of anilines is 1. The molecule has 208 valence electrons. The highest BCUT2D eigenvalue weighted by atomic mass is 35.5. The number of nitrogens with two attached hydrogens (primary N) is 1. The van der Waals surface area contributed by atoms with Crippen LogP contribution in [-0.2, 0) is 22.4 Å². The number of primary amides is 1. The number of halogens is 1. The molecule has 5 rings (SSSR count). The maximum Gasteiger partial charge on any atom is 0.269 e. The van der Waals surface area contributed by atoms with Gasteiger partial charge in [0.2, 0.25) is 5.91 Å². The van der Waals surface area contributed by atoms with Crippen LogP contribution in [0.15, 0.2) is 72.8 Å². The van der Waals surface area contributed by atoms with E-state index in [1.807, 2.05) is 42.5 Å². The van der Waals surface area contributed by atoms with E-state index in [4.69, 9.17) is 22.1 Å². The first-order valence-corrected chi connectivity index (χ1v) is 13.4. The summed E-state index contributed by atoms with van der Waals surface area (Å²) in [6, 6.07) is 20.0. The Kier molecular flexibility index (Phi) is 8.28. The summed E-state index contributed by atoms with van der Waals surface area (Å²) in [6.07, 6.45) is 4.47. The molecule has 9 nitrogen and oxygen atoms in total. The van der Waals surface area contributed by atoms with E-state index in [0.717, 1.165) is 27.9 Å². The summed E-state index contributed by atoms with van der Waals surface area (Å²) in [5.74, 6) is -1.15. The number of carbonyl (C=O) groups excluding carboxylic acids is 3. The standard InChI is InChI=1S/C31H28ClN5O4/c1-41-17-16-34-27(38)15-8-19-6-12-22(13-7-19)37-29-24(28(36-37)30(33)39)14-10-20-9-11-21(18-25(20)29)35-31(40)23-4-2-3-5-26(23)32/h2-9,11-13,15,18H,10,14,16-17H2,1H3,(H2,33,39)(H,34,38)(H,35,40)/b15-8+. The second-order valence-corrected chi connectivity index (χ2v) is 9.87. The summed E-state index contributed by atoms with van der Waals surface area (Å²) in [5.41, 5.74) is 11.8. The Bertz CT molecular complexity index is 1660. The van der Waals surface area contributed by atoms with Crippen LogP contribution < -0.4 is 16.4 Å². The molecule has 0 radical (unpaired) electrons. The zero-order chi connectivity index (χ0) is 28.9. The van der Waals surface area contributed by atoms with Gasteiger partial charge in [0.05, 0.1) is 28.6 Å². The Morgan fingerprint density at radius 2 is 1.85 bits per heavy atom. The van der Waals surface area contributed by atoms with Gasteiger partial charge in [0.15, 0.2) is 5.69 Å². The van der Waals surface area contributed by atoms with Gasteiger partial charge in [-0.05, 0) is 66.4 Å². The highest BCUT2D eigenvalue weighted by Crippen LogP contribution is 2.38. The Hall–Kier alpha value is -4.73. The van der Waals surface area contributed by atoms with E-state index in [9.17, 15) is 14.4 Å². The molecule has 0 unspecified atom stereocenters. The van der Waals surface area contributed by atoms with Crippen molar-refractivity contribution in [2.75, 3.05) is 25.6 Å². The predicted octanol–water partition coefficient (Wildman–Crippen LogP) is 4.42. The lowest BCUT2D eigenvalue weighted by Crippen LogP contribution is -2.24. The second kappa shape index (κ2) is 12.2. The zero-order valence-corrected chi connectivity index (χ0v) is 23.1. The van der Waals surface area contributed by atoms with Crippen LogP contribution in [0.25, 0.3) is 23.0 Å². The number of amides is 3. The minimum absolute atomic E-state index is 0.215. The average Bonchev–Trinajstić information content (AvgIpc) is 3.37.